The summed E-state index contributed by atoms with van der Waals surface area (Å²) in [5.41, 5.74) is 1.36. The molecule has 0 spiro atoms. The highest BCUT2D eigenvalue weighted by atomic mass is 32.1. The van der Waals surface area contributed by atoms with Crippen molar-refractivity contribution in [1.82, 2.24) is 9.88 Å². The Kier molecular flexibility index (Phi) is 4.28. The molecule has 0 bridgehead atoms. The Balaban J connectivity index is 1.58. The minimum Gasteiger partial charge on any atom is -0.379 e. The average Bonchev–Trinajstić information content (AvgIpc) is 2.89. The van der Waals surface area contributed by atoms with E-state index in [0.717, 1.165) is 38.8 Å². The van der Waals surface area contributed by atoms with Crippen molar-refractivity contribution in [3.63, 3.8) is 0 Å². The van der Waals surface area contributed by atoms with Crippen LogP contribution in [0.5, 0.6) is 0 Å². The van der Waals surface area contributed by atoms with E-state index >= 15 is 0 Å². The van der Waals surface area contributed by atoms with Gasteiger partial charge in [-0.1, -0.05) is 19.3 Å². The highest BCUT2D eigenvalue weighted by Crippen LogP contribution is 2.33. The van der Waals surface area contributed by atoms with Crippen molar-refractivity contribution >= 4 is 11.3 Å². The fraction of sp³-hybridized carbons (Fsp3) is 0.786. The van der Waals surface area contributed by atoms with Crippen molar-refractivity contribution in [3.8, 4) is 0 Å². The first-order valence-electron chi connectivity index (χ1n) is 7.16. The Morgan fingerprint density at radius 1 is 1.22 bits per heavy atom. The average molecular weight is 266 g/mol. The fourth-order valence-electron chi connectivity index (χ4n) is 2.93. The van der Waals surface area contributed by atoms with E-state index in [-0.39, 0.29) is 0 Å². The van der Waals surface area contributed by atoms with E-state index in [1.165, 1.54) is 42.8 Å². The Morgan fingerprint density at radius 2 is 2.00 bits per heavy atom. The molecule has 2 fully saturated rings. The molecule has 0 atom stereocenters. The van der Waals surface area contributed by atoms with Gasteiger partial charge in [0.25, 0.3) is 0 Å². The van der Waals surface area contributed by atoms with Crippen LogP contribution in [0.15, 0.2) is 5.38 Å². The number of rotatable bonds is 3. The van der Waals surface area contributed by atoms with Gasteiger partial charge in [0.05, 0.1) is 25.5 Å². The lowest BCUT2D eigenvalue weighted by Gasteiger charge is -2.25. The molecule has 1 saturated heterocycles. The van der Waals surface area contributed by atoms with Crippen molar-refractivity contribution < 1.29 is 4.74 Å². The summed E-state index contributed by atoms with van der Waals surface area (Å²) in [7, 11) is 0. The number of hydrogen-bond acceptors (Lipinski definition) is 4. The van der Waals surface area contributed by atoms with Gasteiger partial charge in [-0.3, -0.25) is 4.90 Å². The predicted octanol–water partition coefficient (Wildman–Crippen LogP) is 3.02. The maximum Gasteiger partial charge on any atom is 0.107 e. The molecule has 4 heteroatoms. The van der Waals surface area contributed by atoms with Gasteiger partial charge in [-0.05, 0) is 12.8 Å². The quantitative estimate of drug-likeness (QED) is 0.841. The molecule has 18 heavy (non-hydrogen) atoms. The summed E-state index contributed by atoms with van der Waals surface area (Å²) in [5, 5.41) is 3.59. The van der Waals surface area contributed by atoms with Crippen LogP contribution in [0.1, 0.15) is 48.7 Å². The SMILES string of the molecule is c1sc(CN2CCOCC2)nc1C1CCCCC1. The molecule has 1 aliphatic carbocycles. The van der Waals surface area contributed by atoms with Gasteiger partial charge in [0, 0.05) is 24.4 Å². The summed E-state index contributed by atoms with van der Waals surface area (Å²) in [4.78, 5) is 7.32. The normalized spacial score (nSPS) is 23.3. The molecule has 1 saturated carbocycles. The van der Waals surface area contributed by atoms with Gasteiger partial charge in [-0.15, -0.1) is 11.3 Å². The molecule has 2 aliphatic rings. The summed E-state index contributed by atoms with van der Waals surface area (Å²) in [6.45, 7) is 4.87. The Hall–Kier alpha value is -0.450. The monoisotopic (exact) mass is 266 g/mol. The topological polar surface area (TPSA) is 25.4 Å². The molecule has 0 radical (unpaired) electrons. The van der Waals surface area contributed by atoms with E-state index in [1.807, 2.05) is 11.3 Å². The number of aromatic nitrogens is 1. The summed E-state index contributed by atoms with van der Waals surface area (Å²) in [6.07, 6.45) is 6.89. The standard InChI is InChI=1S/C14H22N2OS/c1-2-4-12(5-3-1)13-11-18-14(15-13)10-16-6-8-17-9-7-16/h11-12H,1-10H2. The van der Waals surface area contributed by atoms with Gasteiger partial charge in [-0.2, -0.15) is 0 Å². The van der Waals surface area contributed by atoms with Crippen molar-refractivity contribution in [2.45, 2.75) is 44.6 Å². The third-order valence-corrected chi connectivity index (χ3v) is 4.91. The Morgan fingerprint density at radius 3 is 2.78 bits per heavy atom. The van der Waals surface area contributed by atoms with Gasteiger partial charge >= 0.3 is 0 Å². The van der Waals surface area contributed by atoms with Crippen LogP contribution < -0.4 is 0 Å². The van der Waals surface area contributed by atoms with E-state index in [2.05, 4.69) is 10.3 Å². The summed E-state index contributed by atoms with van der Waals surface area (Å²) in [5.74, 6) is 0.744. The number of nitrogens with zero attached hydrogens (tertiary/aromatic N) is 2. The zero-order valence-electron chi connectivity index (χ0n) is 10.9. The predicted molar refractivity (Wildman–Crippen MR) is 74.0 cm³/mol. The van der Waals surface area contributed by atoms with Crippen molar-refractivity contribution in [3.05, 3.63) is 16.1 Å². The molecular formula is C14H22N2OS. The van der Waals surface area contributed by atoms with Crippen molar-refractivity contribution in [2.75, 3.05) is 26.3 Å². The fourth-order valence-corrected chi connectivity index (χ4v) is 3.85. The minimum absolute atomic E-state index is 0.744. The van der Waals surface area contributed by atoms with E-state index in [1.54, 1.807) is 0 Å². The van der Waals surface area contributed by atoms with E-state index < -0.39 is 0 Å². The highest BCUT2D eigenvalue weighted by Gasteiger charge is 2.19. The molecule has 0 amide bonds. The molecule has 1 aromatic heterocycles. The van der Waals surface area contributed by atoms with Crippen LogP contribution in [0.25, 0.3) is 0 Å². The van der Waals surface area contributed by atoms with Gasteiger partial charge in [0.1, 0.15) is 5.01 Å². The number of morpholine rings is 1. The number of thiazole rings is 1. The Labute approximate surface area is 113 Å². The summed E-state index contributed by atoms with van der Waals surface area (Å²) >= 11 is 1.84. The molecule has 3 nitrogen and oxygen atoms in total. The second-order valence-electron chi connectivity index (χ2n) is 5.39. The summed E-state index contributed by atoms with van der Waals surface area (Å²) in [6, 6.07) is 0. The second-order valence-corrected chi connectivity index (χ2v) is 6.33. The van der Waals surface area contributed by atoms with E-state index in [0.29, 0.717) is 0 Å². The first-order chi connectivity index (χ1) is 8.92. The van der Waals surface area contributed by atoms with Gasteiger partial charge in [0.15, 0.2) is 0 Å². The molecule has 3 rings (SSSR count). The van der Waals surface area contributed by atoms with Gasteiger partial charge < -0.3 is 4.74 Å². The van der Waals surface area contributed by atoms with Crippen LogP contribution in [-0.4, -0.2) is 36.2 Å². The third kappa shape index (κ3) is 3.11. The Bertz CT molecular complexity index is 368. The smallest absolute Gasteiger partial charge is 0.107 e. The minimum atomic E-state index is 0.744. The van der Waals surface area contributed by atoms with Gasteiger partial charge in [0.2, 0.25) is 0 Å². The molecular weight excluding hydrogens is 244 g/mol. The van der Waals surface area contributed by atoms with Crippen LogP contribution in [0, 0.1) is 0 Å². The molecule has 1 aliphatic heterocycles. The van der Waals surface area contributed by atoms with Gasteiger partial charge in [-0.25, -0.2) is 4.98 Å². The first kappa shape index (κ1) is 12.6. The zero-order valence-corrected chi connectivity index (χ0v) is 11.8. The van der Waals surface area contributed by atoms with Crippen LogP contribution in [-0.2, 0) is 11.3 Å². The van der Waals surface area contributed by atoms with Crippen LogP contribution in [0.4, 0.5) is 0 Å². The van der Waals surface area contributed by atoms with Crippen molar-refractivity contribution in [1.29, 1.82) is 0 Å². The number of hydrogen-bond donors (Lipinski definition) is 0. The second kappa shape index (κ2) is 6.13. The first-order valence-corrected chi connectivity index (χ1v) is 8.04. The third-order valence-electron chi connectivity index (χ3n) is 4.06. The van der Waals surface area contributed by atoms with Crippen LogP contribution in [0.2, 0.25) is 0 Å². The lowest BCUT2D eigenvalue weighted by atomic mass is 9.87. The van der Waals surface area contributed by atoms with Crippen LogP contribution >= 0.6 is 11.3 Å². The molecule has 0 N–H and O–H groups in total. The molecule has 0 aromatic carbocycles. The molecule has 1 aromatic rings. The molecule has 0 unspecified atom stereocenters. The highest BCUT2D eigenvalue weighted by molar-refractivity contribution is 7.09. The zero-order chi connectivity index (χ0) is 12.2. The van der Waals surface area contributed by atoms with Crippen LogP contribution in [0.3, 0.4) is 0 Å². The van der Waals surface area contributed by atoms with E-state index in [9.17, 15) is 0 Å². The molecule has 100 valence electrons. The number of ether oxygens (including phenoxy) is 1. The largest absolute Gasteiger partial charge is 0.379 e. The maximum absolute atomic E-state index is 5.38. The lowest BCUT2D eigenvalue weighted by Crippen LogP contribution is -2.35. The summed E-state index contributed by atoms with van der Waals surface area (Å²) < 4.78 is 5.38. The van der Waals surface area contributed by atoms with Crippen molar-refractivity contribution in [2.24, 2.45) is 0 Å². The maximum atomic E-state index is 5.38. The lowest BCUT2D eigenvalue weighted by molar-refractivity contribution is 0.0341. The van der Waals surface area contributed by atoms with E-state index in [4.69, 9.17) is 9.72 Å². The molecule has 2 heterocycles.